The van der Waals surface area contributed by atoms with Gasteiger partial charge in [-0.1, -0.05) is 0 Å². The molecular weight excluding hydrogens is 140 g/mol. The molecule has 0 aliphatic carbocycles. The van der Waals surface area contributed by atoms with Gasteiger partial charge < -0.3 is 5.32 Å². The quantitative estimate of drug-likeness (QED) is 0.644. The van der Waals surface area contributed by atoms with Gasteiger partial charge in [-0.05, 0) is 6.92 Å². The van der Waals surface area contributed by atoms with Crippen molar-refractivity contribution in [2.24, 2.45) is 0 Å². The van der Waals surface area contributed by atoms with E-state index < -0.39 is 5.92 Å². The van der Waals surface area contributed by atoms with Gasteiger partial charge >= 0.3 is 0 Å². The lowest BCUT2D eigenvalue weighted by Gasteiger charge is -2.08. The maximum atomic E-state index is 12.0. The lowest BCUT2D eigenvalue weighted by molar-refractivity contribution is -0.119. The van der Waals surface area contributed by atoms with Crippen LogP contribution in [0.1, 0.15) is 20.3 Å². The molecule has 1 N–H and O–H groups in total. The lowest BCUT2D eigenvalue weighted by atomic mass is 10.3. The second-order valence-electron chi connectivity index (χ2n) is 2.30. The molecule has 1 amide bonds. The first-order chi connectivity index (χ1) is 4.42. The van der Waals surface area contributed by atoms with Crippen LogP contribution in [-0.4, -0.2) is 18.4 Å². The molecule has 0 aromatic carbocycles. The average molecular weight is 151 g/mol. The van der Waals surface area contributed by atoms with E-state index in [1.54, 1.807) is 0 Å². The minimum atomic E-state index is -2.68. The number of halogens is 2. The van der Waals surface area contributed by atoms with Gasteiger partial charge in [-0.3, -0.25) is 4.79 Å². The summed E-state index contributed by atoms with van der Waals surface area (Å²) in [5, 5.41) is 2.28. The van der Waals surface area contributed by atoms with Crippen molar-refractivity contribution in [1.29, 1.82) is 0 Å². The van der Waals surface area contributed by atoms with E-state index in [2.05, 4.69) is 5.32 Å². The first kappa shape index (κ1) is 9.33. The summed E-state index contributed by atoms with van der Waals surface area (Å²) in [4.78, 5) is 10.2. The van der Waals surface area contributed by atoms with Crippen molar-refractivity contribution in [2.75, 3.05) is 6.54 Å². The van der Waals surface area contributed by atoms with E-state index in [-0.39, 0.29) is 18.9 Å². The molecule has 10 heavy (non-hydrogen) atoms. The maximum Gasteiger partial charge on any atom is 0.247 e. The fourth-order valence-electron chi connectivity index (χ4n) is 0.458. The summed E-state index contributed by atoms with van der Waals surface area (Å²) in [5.74, 6) is -2.95. The van der Waals surface area contributed by atoms with Crippen LogP contribution in [0.2, 0.25) is 0 Å². The number of carbonyl (C=O) groups excluding carboxylic acids is 1. The average Bonchev–Trinajstić information content (AvgIpc) is 1.59. The SMILES string of the molecule is CC(=O)NCCC(C)(F)F. The molecule has 0 aromatic rings. The van der Waals surface area contributed by atoms with Crippen LogP contribution in [0.3, 0.4) is 0 Å². The number of nitrogens with one attached hydrogen (secondary N) is 1. The highest BCUT2D eigenvalue weighted by atomic mass is 19.3. The molecule has 0 aromatic heterocycles. The van der Waals surface area contributed by atoms with E-state index in [4.69, 9.17) is 0 Å². The molecule has 0 rings (SSSR count). The zero-order valence-electron chi connectivity index (χ0n) is 6.08. The van der Waals surface area contributed by atoms with Gasteiger partial charge in [0.1, 0.15) is 0 Å². The highest BCUT2D eigenvalue weighted by molar-refractivity contribution is 5.72. The van der Waals surface area contributed by atoms with E-state index in [0.29, 0.717) is 0 Å². The first-order valence-corrected chi connectivity index (χ1v) is 3.04. The number of hydrogen-bond donors (Lipinski definition) is 1. The number of rotatable bonds is 3. The fourth-order valence-corrected chi connectivity index (χ4v) is 0.458. The molecule has 0 saturated carbocycles. The standard InChI is InChI=1S/C6H11F2NO/c1-5(10)9-4-3-6(2,7)8/h3-4H2,1-2H3,(H,9,10). The minimum Gasteiger partial charge on any atom is -0.356 e. The monoisotopic (exact) mass is 151 g/mol. The smallest absolute Gasteiger partial charge is 0.247 e. The van der Waals surface area contributed by atoms with Crippen LogP contribution in [0.4, 0.5) is 8.78 Å². The summed E-state index contributed by atoms with van der Waals surface area (Å²) in [6.45, 7) is 2.17. The normalized spacial score (nSPS) is 11.2. The van der Waals surface area contributed by atoms with E-state index in [9.17, 15) is 13.6 Å². The Hall–Kier alpha value is -0.670. The van der Waals surface area contributed by atoms with Crippen molar-refractivity contribution in [3.63, 3.8) is 0 Å². The molecule has 0 heterocycles. The number of alkyl halides is 2. The Balaban J connectivity index is 3.29. The molecule has 0 unspecified atom stereocenters. The summed E-state index contributed by atoms with van der Waals surface area (Å²) >= 11 is 0. The minimum absolute atomic E-state index is 0.0405. The Bertz CT molecular complexity index is 119. The van der Waals surface area contributed by atoms with Crippen LogP contribution in [0.5, 0.6) is 0 Å². The number of amides is 1. The van der Waals surface area contributed by atoms with Crippen LogP contribution >= 0.6 is 0 Å². The van der Waals surface area contributed by atoms with Gasteiger partial charge in [-0.15, -0.1) is 0 Å². The predicted molar refractivity (Wildman–Crippen MR) is 33.9 cm³/mol. The van der Waals surface area contributed by atoms with Gasteiger partial charge in [0.2, 0.25) is 11.8 Å². The molecule has 0 saturated heterocycles. The topological polar surface area (TPSA) is 29.1 Å². The maximum absolute atomic E-state index is 12.0. The third-order valence-electron chi connectivity index (χ3n) is 0.938. The molecule has 60 valence electrons. The summed E-state index contributed by atoms with van der Waals surface area (Å²) < 4.78 is 24.0. The zero-order valence-corrected chi connectivity index (χ0v) is 6.08. The van der Waals surface area contributed by atoms with Crippen LogP contribution in [0, 0.1) is 0 Å². The third-order valence-corrected chi connectivity index (χ3v) is 0.938. The Morgan fingerprint density at radius 3 is 2.40 bits per heavy atom. The molecule has 0 bridgehead atoms. The number of hydrogen-bond acceptors (Lipinski definition) is 1. The van der Waals surface area contributed by atoms with Gasteiger partial charge in [0, 0.05) is 19.9 Å². The van der Waals surface area contributed by atoms with Crippen LogP contribution in [0.25, 0.3) is 0 Å². The molecule has 0 atom stereocenters. The highest BCUT2D eigenvalue weighted by Gasteiger charge is 2.19. The van der Waals surface area contributed by atoms with E-state index in [1.165, 1.54) is 6.92 Å². The fraction of sp³-hybridized carbons (Fsp3) is 0.833. The molecule has 0 aliphatic rings. The summed E-state index contributed by atoms with van der Waals surface area (Å²) in [7, 11) is 0. The van der Waals surface area contributed by atoms with Crippen molar-refractivity contribution in [1.82, 2.24) is 5.32 Å². The van der Waals surface area contributed by atoms with E-state index in [1.807, 2.05) is 0 Å². The zero-order chi connectivity index (χ0) is 8.20. The van der Waals surface area contributed by atoms with Crippen molar-refractivity contribution in [3.05, 3.63) is 0 Å². The van der Waals surface area contributed by atoms with Crippen molar-refractivity contribution in [2.45, 2.75) is 26.2 Å². The second kappa shape index (κ2) is 3.49. The summed E-state index contributed by atoms with van der Waals surface area (Å²) in [5.41, 5.74) is 0. The summed E-state index contributed by atoms with van der Waals surface area (Å²) in [6, 6.07) is 0. The summed E-state index contributed by atoms with van der Waals surface area (Å²) in [6.07, 6.45) is -0.299. The lowest BCUT2D eigenvalue weighted by Crippen LogP contribution is -2.25. The van der Waals surface area contributed by atoms with Crippen molar-refractivity contribution >= 4 is 5.91 Å². The molecule has 4 heteroatoms. The second-order valence-corrected chi connectivity index (χ2v) is 2.30. The number of carbonyl (C=O) groups is 1. The van der Waals surface area contributed by atoms with E-state index in [0.717, 1.165) is 6.92 Å². The molecule has 2 nitrogen and oxygen atoms in total. The Morgan fingerprint density at radius 1 is 1.60 bits per heavy atom. The van der Waals surface area contributed by atoms with Gasteiger partial charge in [0.25, 0.3) is 0 Å². The van der Waals surface area contributed by atoms with Crippen LogP contribution < -0.4 is 5.32 Å². The van der Waals surface area contributed by atoms with Gasteiger partial charge in [-0.25, -0.2) is 8.78 Å². The Labute approximate surface area is 58.6 Å². The first-order valence-electron chi connectivity index (χ1n) is 3.04. The van der Waals surface area contributed by atoms with Gasteiger partial charge in [0.15, 0.2) is 0 Å². The molecule has 0 radical (unpaired) electrons. The van der Waals surface area contributed by atoms with Crippen LogP contribution in [-0.2, 0) is 4.79 Å². The molecule has 0 spiro atoms. The molecule has 0 aliphatic heterocycles. The predicted octanol–water partition coefficient (Wildman–Crippen LogP) is 1.17. The van der Waals surface area contributed by atoms with Crippen molar-refractivity contribution in [3.8, 4) is 0 Å². The van der Waals surface area contributed by atoms with E-state index >= 15 is 0 Å². The largest absolute Gasteiger partial charge is 0.356 e. The van der Waals surface area contributed by atoms with Crippen molar-refractivity contribution < 1.29 is 13.6 Å². The van der Waals surface area contributed by atoms with Gasteiger partial charge in [-0.2, -0.15) is 0 Å². The molecular formula is C6H11F2NO. The Kier molecular flexibility index (Phi) is 3.25. The Morgan fingerprint density at radius 2 is 2.10 bits per heavy atom. The van der Waals surface area contributed by atoms with Crippen LogP contribution in [0.15, 0.2) is 0 Å². The highest BCUT2D eigenvalue weighted by Crippen LogP contribution is 2.14. The third kappa shape index (κ3) is 7.33. The van der Waals surface area contributed by atoms with Gasteiger partial charge in [0.05, 0.1) is 0 Å². The molecule has 0 fully saturated rings.